The van der Waals surface area contributed by atoms with Crippen molar-refractivity contribution in [3.63, 3.8) is 0 Å². The van der Waals surface area contributed by atoms with Crippen LogP contribution < -0.4 is 4.72 Å². The molecule has 0 bridgehead atoms. The van der Waals surface area contributed by atoms with Crippen molar-refractivity contribution in [1.82, 2.24) is 4.72 Å². The summed E-state index contributed by atoms with van der Waals surface area (Å²) in [4.78, 5) is 0.00247. The van der Waals surface area contributed by atoms with Gasteiger partial charge in [-0.1, -0.05) is 6.07 Å². The Balaban J connectivity index is 2.17. The van der Waals surface area contributed by atoms with Crippen LogP contribution >= 0.6 is 11.3 Å². The van der Waals surface area contributed by atoms with E-state index in [-0.39, 0.29) is 17.0 Å². The maximum Gasteiger partial charge on any atom is 0.240 e. The summed E-state index contributed by atoms with van der Waals surface area (Å²) in [5, 5.41) is 22.7. The summed E-state index contributed by atoms with van der Waals surface area (Å²) in [6.45, 7) is 1.39. The molecular formula is C14H14N2O3S2. The highest BCUT2D eigenvalue weighted by Crippen LogP contribution is 2.23. The van der Waals surface area contributed by atoms with Gasteiger partial charge in [-0.25, -0.2) is 13.1 Å². The van der Waals surface area contributed by atoms with Crippen molar-refractivity contribution in [3.8, 4) is 6.07 Å². The van der Waals surface area contributed by atoms with Gasteiger partial charge in [0.05, 0.1) is 16.5 Å². The normalized spacial score (nSPS) is 14.3. The molecule has 110 valence electrons. The number of aliphatic hydroxyl groups is 1. The Morgan fingerprint density at radius 2 is 2.19 bits per heavy atom. The van der Waals surface area contributed by atoms with Crippen LogP contribution in [0.3, 0.4) is 0 Å². The van der Waals surface area contributed by atoms with Gasteiger partial charge < -0.3 is 5.11 Å². The van der Waals surface area contributed by atoms with Crippen LogP contribution in [0, 0.1) is 11.3 Å². The fraction of sp³-hybridized carbons (Fsp3) is 0.214. The molecule has 21 heavy (non-hydrogen) atoms. The lowest BCUT2D eigenvalue weighted by atomic mass is 10.0. The van der Waals surface area contributed by atoms with Gasteiger partial charge in [-0.2, -0.15) is 16.6 Å². The summed E-state index contributed by atoms with van der Waals surface area (Å²) in [6.07, 6.45) is 0. The van der Waals surface area contributed by atoms with Gasteiger partial charge in [-0.15, -0.1) is 0 Å². The van der Waals surface area contributed by atoms with E-state index >= 15 is 0 Å². The molecular weight excluding hydrogens is 308 g/mol. The summed E-state index contributed by atoms with van der Waals surface area (Å²) in [5.41, 5.74) is -0.372. The molecule has 0 fully saturated rings. The standard InChI is InChI=1S/C14H14N2O3S2/c1-14(17,12-5-6-20-9-12)10-16-21(18,19)13-4-2-3-11(7-13)8-15/h2-7,9,16-17H,10H2,1H3. The zero-order chi connectivity index (χ0) is 15.5. The van der Waals surface area contributed by atoms with E-state index in [9.17, 15) is 13.5 Å². The molecule has 1 aromatic heterocycles. The number of benzene rings is 1. The van der Waals surface area contributed by atoms with Crippen LogP contribution in [-0.4, -0.2) is 20.1 Å². The highest BCUT2D eigenvalue weighted by molar-refractivity contribution is 7.89. The smallest absolute Gasteiger partial charge is 0.240 e. The van der Waals surface area contributed by atoms with E-state index in [0.29, 0.717) is 5.56 Å². The quantitative estimate of drug-likeness (QED) is 0.878. The van der Waals surface area contributed by atoms with Crippen molar-refractivity contribution in [2.75, 3.05) is 6.54 Å². The van der Waals surface area contributed by atoms with Crippen molar-refractivity contribution in [2.24, 2.45) is 0 Å². The first-order valence-corrected chi connectivity index (χ1v) is 8.53. The Bertz CT molecular complexity index is 760. The average Bonchev–Trinajstić information content (AvgIpc) is 3.01. The van der Waals surface area contributed by atoms with Crippen molar-refractivity contribution in [2.45, 2.75) is 17.4 Å². The van der Waals surface area contributed by atoms with Crippen LogP contribution in [0.1, 0.15) is 18.1 Å². The number of sulfonamides is 1. The second-order valence-corrected chi connectivity index (χ2v) is 7.30. The Morgan fingerprint density at radius 3 is 2.81 bits per heavy atom. The molecule has 0 aliphatic heterocycles. The van der Waals surface area contributed by atoms with Crippen molar-refractivity contribution < 1.29 is 13.5 Å². The summed E-state index contributed by atoms with van der Waals surface area (Å²) in [7, 11) is -3.77. The molecule has 0 saturated carbocycles. The number of nitrogens with one attached hydrogen (secondary N) is 1. The molecule has 1 heterocycles. The predicted molar refractivity (Wildman–Crippen MR) is 80.2 cm³/mol. The molecule has 1 unspecified atom stereocenters. The minimum Gasteiger partial charge on any atom is -0.384 e. The molecule has 0 spiro atoms. The molecule has 0 amide bonds. The largest absolute Gasteiger partial charge is 0.384 e. The van der Waals surface area contributed by atoms with E-state index in [1.165, 1.54) is 35.6 Å². The van der Waals surface area contributed by atoms with E-state index in [1.807, 2.05) is 11.4 Å². The summed E-state index contributed by atoms with van der Waals surface area (Å²) < 4.78 is 26.7. The van der Waals surface area contributed by atoms with Gasteiger partial charge in [-0.3, -0.25) is 0 Å². The van der Waals surface area contributed by atoms with Gasteiger partial charge in [0.2, 0.25) is 10.0 Å². The van der Waals surface area contributed by atoms with Gasteiger partial charge >= 0.3 is 0 Å². The lowest BCUT2D eigenvalue weighted by molar-refractivity contribution is 0.0632. The Labute approximate surface area is 127 Å². The molecule has 2 aromatic rings. The van der Waals surface area contributed by atoms with Crippen LogP contribution in [0.4, 0.5) is 0 Å². The SMILES string of the molecule is CC(O)(CNS(=O)(=O)c1cccc(C#N)c1)c1ccsc1. The van der Waals surface area contributed by atoms with Crippen LogP contribution in [0.15, 0.2) is 46.0 Å². The van der Waals surface area contributed by atoms with Crippen molar-refractivity contribution in [1.29, 1.82) is 5.26 Å². The second kappa shape index (κ2) is 5.95. The van der Waals surface area contributed by atoms with Crippen molar-refractivity contribution >= 4 is 21.4 Å². The van der Waals surface area contributed by atoms with Crippen LogP contribution in [0.5, 0.6) is 0 Å². The van der Waals surface area contributed by atoms with Crippen LogP contribution in [-0.2, 0) is 15.6 Å². The molecule has 0 saturated heterocycles. The third-order valence-electron chi connectivity index (χ3n) is 3.02. The lowest BCUT2D eigenvalue weighted by Crippen LogP contribution is -2.38. The van der Waals surface area contributed by atoms with Gasteiger partial charge in [0.15, 0.2) is 0 Å². The van der Waals surface area contributed by atoms with E-state index in [1.54, 1.807) is 18.4 Å². The molecule has 0 aliphatic rings. The first-order chi connectivity index (χ1) is 9.85. The van der Waals surface area contributed by atoms with E-state index < -0.39 is 15.6 Å². The van der Waals surface area contributed by atoms with E-state index in [0.717, 1.165) is 0 Å². The number of nitriles is 1. The number of nitrogens with zero attached hydrogens (tertiary/aromatic N) is 1. The minimum absolute atomic E-state index is 0.00247. The number of hydrogen-bond donors (Lipinski definition) is 2. The first-order valence-electron chi connectivity index (χ1n) is 6.10. The molecule has 5 nitrogen and oxygen atoms in total. The topological polar surface area (TPSA) is 90.2 Å². The van der Waals surface area contributed by atoms with Crippen LogP contribution in [0.25, 0.3) is 0 Å². The van der Waals surface area contributed by atoms with Gasteiger partial charge in [-0.05, 0) is 47.5 Å². The molecule has 7 heteroatoms. The third kappa shape index (κ3) is 3.68. The predicted octanol–water partition coefficient (Wildman–Crippen LogP) is 1.81. The number of thiophene rings is 1. The summed E-state index contributed by atoms with van der Waals surface area (Å²) in [6, 6.07) is 9.37. The van der Waals surface area contributed by atoms with Gasteiger partial charge in [0.25, 0.3) is 0 Å². The Morgan fingerprint density at radius 1 is 1.43 bits per heavy atom. The van der Waals surface area contributed by atoms with E-state index in [4.69, 9.17) is 5.26 Å². The molecule has 1 atom stereocenters. The fourth-order valence-electron chi connectivity index (χ4n) is 1.72. The Kier molecular flexibility index (Phi) is 4.44. The zero-order valence-electron chi connectivity index (χ0n) is 11.3. The fourth-order valence-corrected chi connectivity index (χ4v) is 3.69. The highest BCUT2D eigenvalue weighted by atomic mass is 32.2. The zero-order valence-corrected chi connectivity index (χ0v) is 12.9. The molecule has 1 aromatic carbocycles. The molecule has 0 radical (unpaired) electrons. The molecule has 2 N–H and O–H groups in total. The second-order valence-electron chi connectivity index (χ2n) is 4.75. The van der Waals surface area contributed by atoms with E-state index in [2.05, 4.69) is 4.72 Å². The number of rotatable bonds is 5. The summed E-state index contributed by atoms with van der Waals surface area (Å²) in [5.74, 6) is 0. The highest BCUT2D eigenvalue weighted by Gasteiger charge is 2.26. The van der Waals surface area contributed by atoms with Crippen molar-refractivity contribution in [3.05, 3.63) is 52.2 Å². The maximum atomic E-state index is 12.2. The maximum absolute atomic E-state index is 12.2. The average molecular weight is 322 g/mol. The van der Waals surface area contributed by atoms with Gasteiger partial charge in [0.1, 0.15) is 5.60 Å². The number of hydrogen-bond acceptors (Lipinski definition) is 5. The summed E-state index contributed by atoms with van der Waals surface area (Å²) >= 11 is 1.43. The first kappa shape index (κ1) is 15.7. The monoisotopic (exact) mass is 322 g/mol. The van der Waals surface area contributed by atoms with Gasteiger partial charge in [0, 0.05) is 6.54 Å². The molecule has 0 aliphatic carbocycles. The Hall–Kier alpha value is -1.72. The minimum atomic E-state index is -3.77. The third-order valence-corrected chi connectivity index (χ3v) is 5.11. The van der Waals surface area contributed by atoms with Crippen LogP contribution in [0.2, 0.25) is 0 Å². The molecule has 2 rings (SSSR count). The lowest BCUT2D eigenvalue weighted by Gasteiger charge is -2.22.